The van der Waals surface area contributed by atoms with Crippen LogP contribution in [0.1, 0.15) is 21.1 Å². The van der Waals surface area contributed by atoms with Crippen LogP contribution in [0.15, 0.2) is 23.6 Å². The minimum absolute atomic E-state index is 0.462. The van der Waals surface area contributed by atoms with Gasteiger partial charge in [0, 0.05) is 18.1 Å². The third-order valence-electron chi connectivity index (χ3n) is 2.76. The zero-order valence-electron chi connectivity index (χ0n) is 10.9. The lowest BCUT2D eigenvalue weighted by molar-refractivity contribution is 0.100. The Kier molecular flexibility index (Phi) is 3.71. The van der Waals surface area contributed by atoms with E-state index in [-0.39, 0.29) is 0 Å². The number of benzene rings is 1. The predicted octanol–water partition coefficient (Wildman–Crippen LogP) is 1.77. The SMILES string of the molecule is Cc1nc(CN(C)c2cc(N)ccc2C(N)=O)cs1. The monoisotopic (exact) mass is 276 g/mol. The number of hydrogen-bond donors (Lipinski definition) is 2. The normalized spacial score (nSPS) is 10.4. The average Bonchev–Trinajstić information content (AvgIpc) is 2.74. The van der Waals surface area contributed by atoms with E-state index in [4.69, 9.17) is 11.5 Å². The second-order valence-electron chi connectivity index (χ2n) is 4.35. The van der Waals surface area contributed by atoms with Crippen LogP contribution in [0.25, 0.3) is 0 Å². The Balaban J connectivity index is 2.29. The van der Waals surface area contributed by atoms with Crippen LogP contribution in [0.5, 0.6) is 0 Å². The highest BCUT2D eigenvalue weighted by molar-refractivity contribution is 7.09. The molecule has 0 fully saturated rings. The van der Waals surface area contributed by atoms with Crippen molar-refractivity contribution in [2.24, 2.45) is 5.73 Å². The smallest absolute Gasteiger partial charge is 0.250 e. The van der Waals surface area contributed by atoms with E-state index in [1.54, 1.807) is 29.5 Å². The number of nitrogens with zero attached hydrogens (tertiary/aromatic N) is 2. The van der Waals surface area contributed by atoms with Crippen LogP contribution in [-0.4, -0.2) is 17.9 Å². The van der Waals surface area contributed by atoms with Gasteiger partial charge in [-0.3, -0.25) is 4.79 Å². The molecule has 0 aliphatic rings. The molecule has 0 aliphatic heterocycles. The molecule has 0 saturated heterocycles. The minimum Gasteiger partial charge on any atom is -0.399 e. The van der Waals surface area contributed by atoms with Crippen LogP contribution in [0, 0.1) is 6.92 Å². The van der Waals surface area contributed by atoms with Crippen molar-refractivity contribution in [1.82, 2.24) is 4.98 Å². The van der Waals surface area contributed by atoms with Gasteiger partial charge in [-0.1, -0.05) is 0 Å². The Morgan fingerprint density at radius 2 is 2.21 bits per heavy atom. The van der Waals surface area contributed by atoms with Crippen molar-refractivity contribution in [2.45, 2.75) is 13.5 Å². The molecule has 1 aromatic carbocycles. The first-order valence-electron chi connectivity index (χ1n) is 5.79. The summed E-state index contributed by atoms with van der Waals surface area (Å²) < 4.78 is 0. The molecule has 0 bridgehead atoms. The van der Waals surface area contributed by atoms with Crippen LogP contribution in [-0.2, 0) is 6.54 Å². The molecule has 1 aromatic heterocycles. The fraction of sp³-hybridized carbons (Fsp3) is 0.231. The van der Waals surface area contributed by atoms with Crippen molar-refractivity contribution in [1.29, 1.82) is 0 Å². The molecule has 5 nitrogen and oxygen atoms in total. The van der Waals surface area contributed by atoms with Crippen LogP contribution >= 0.6 is 11.3 Å². The number of hydrogen-bond acceptors (Lipinski definition) is 5. The summed E-state index contributed by atoms with van der Waals surface area (Å²) in [7, 11) is 1.88. The fourth-order valence-electron chi connectivity index (χ4n) is 1.88. The number of amides is 1. The summed E-state index contributed by atoms with van der Waals surface area (Å²) in [6.07, 6.45) is 0. The van der Waals surface area contributed by atoms with Crippen LogP contribution in [0.4, 0.5) is 11.4 Å². The third kappa shape index (κ3) is 3.03. The lowest BCUT2D eigenvalue weighted by Crippen LogP contribution is -2.22. The molecular formula is C13H16N4OS. The van der Waals surface area contributed by atoms with Crippen molar-refractivity contribution in [3.63, 3.8) is 0 Å². The van der Waals surface area contributed by atoms with Gasteiger partial charge in [0.15, 0.2) is 0 Å². The zero-order valence-corrected chi connectivity index (χ0v) is 11.7. The highest BCUT2D eigenvalue weighted by Crippen LogP contribution is 2.24. The van der Waals surface area contributed by atoms with E-state index >= 15 is 0 Å². The molecule has 0 spiro atoms. The largest absolute Gasteiger partial charge is 0.399 e. The number of aromatic nitrogens is 1. The first kappa shape index (κ1) is 13.4. The number of carbonyl (C=O) groups is 1. The standard InChI is InChI=1S/C13H16N4OS/c1-8-16-10(7-19-8)6-17(2)12-5-9(14)3-4-11(12)13(15)18/h3-5,7H,6,14H2,1-2H3,(H2,15,18). The summed E-state index contributed by atoms with van der Waals surface area (Å²) in [6.45, 7) is 2.57. The summed E-state index contributed by atoms with van der Waals surface area (Å²) in [4.78, 5) is 17.8. The summed E-state index contributed by atoms with van der Waals surface area (Å²) in [6, 6.07) is 5.07. The molecule has 4 N–H and O–H groups in total. The van der Waals surface area contributed by atoms with Gasteiger partial charge in [-0.05, 0) is 25.1 Å². The van der Waals surface area contributed by atoms with E-state index in [0.29, 0.717) is 17.8 Å². The number of anilines is 2. The Labute approximate surface area is 115 Å². The lowest BCUT2D eigenvalue weighted by Gasteiger charge is -2.21. The van der Waals surface area contributed by atoms with Crippen LogP contribution in [0.2, 0.25) is 0 Å². The van der Waals surface area contributed by atoms with Crippen molar-refractivity contribution in [3.8, 4) is 0 Å². The molecule has 0 atom stereocenters. The van der Waals surface area contributed by atoms with Crippen molar-refractivity contribution < 1.29 is 4.79 Å². The lowest BCUT2D eigenvalue weighted by atomic mass is 10.1. The van der Waals surface area contributed by atoms with Gasteiger partial charge in [0.25, 0.3) is 5.91 Å². The number of rotatable bonds is 4. The van der Waals surface area contributed by atoms with Crippen LogP contribution < -0.4 is 16.4 Å². The van der Waals surface area contributed by atoms with Crippen molar-refractivity contribution in [2.75, 3.05) is 17.7 Å². The van der Waals surface area contributed by atoms with Gasteiger partial charge in [0.2, 0.25) is 0 Å². The van der Waals surface area contributed by atoms with Gasteiger partial charge < -0.3 is 16.4 Å². The van der Waals surface area contributed by atoms with Gasteiger partial charge >= 0.3 is 0 Å². The Hall–Kier alpha value is -2.08. The molecule has 0 aliphatic carbocycles. The van der Waals surface area contributed by atoms with Crippen molar-refractivity contribution in [3.05, 3.63) is 39.8 Å². The highest BCUT2D eigenvalue weighted by Gasteiger charge is 2.13. The molecule has 1 heterocycles. The van der Waals surface area contributed by atoms with Crippen molar-refractivity contribution >= 4 is 28.6 Å². The molecule has 2 aromatic rings. The van der Waals surface area contributed by atoms with Gasteiger partial charge in [0.1, 0.15) is 0 Å². The second-order valence-corrected chi connectivity index (χ2v) is 5.42. The number of aryl methyl sites for hydroxylation is 1. The summed E-state index contributed by atoms with van der Waals surface area (Å²) in [5.74, 6) is -0.462. The van der Waals surface area contributed by atoms with E-state index < -0.39 is 5.91 Å². The molecule has 0 unspecified atom stereocenters. The van der Waals surface area contributed by atoms with Gasteiger partial charge in [-0.2, -0.15) is 0 Å². The predicted molar refractivity (Wildman–Crippen MR) is 78.3 cm³/mol. The van der Waals surface area contributed by atoms with E-state index in [2.05, 4.69) is 4.98 Å². The molecule has 1 amide bonds. The summed E-state index contributed by atoms with van der Waals surface area (Å²) in [5, 5.41) is 3.02. The molecule has 0 saturated carbocycles. The minimum atomic E-state index is -0.462. The molecular weight excluding hydrogens is 260 g/mol. The van der Waals surface area contributed by atoms with Crippen LogP contribution in [0.3, 0.4) is 0 Å². The summed E-state index contributed by atoms with van der Waals surface area (Å²) in [5.41, 5.74) is 13.9. The van der Waals surface area contributed by atoms with E-state index in [1.807, 2.05) is 24.3 Å². The van der Waals surface area contributed by atoms with Gasteiger partial charge in [0.05, 0.1) is 28.5 Å². The maximum atomic E-state index is 11.4. The maximum absolute atomic E-state index is 11.4. The fourth-order valence-corrected chi connectivity index (χ4v) is 2.49. The second kappa shape index (κ2) is 5.27. The van der Waals surface area contributed by atoms with Gasteiger partial charge in [-0.25, -0.2) is 4.98 Å². The van der Waals surface area contributed by atoms with E-state index in [9.17, 15) is 4.79 Å². The first-order valence-corrected chi connectivity index (χ1v) is 6.67. The number of carbonyl (C=O) groups excluding carboxylic acids is 1. The van der Waals surface area contributed by atoms with E-state index in [1.165, 1.54) is 0 Å². The Morgan fingerprint density at radius 1 is 1.47 bits per heavy atom. The number of thiazole rings is 1. The Morgan fingerprint density at radius 3 is 2.79 bits per heavy atom. The van der Waals surface area contributed by atoms with Gasteiger partial charge in [-0.15, -0.1) is 11.3 Å². The summed E-state index contributed by atoms with van der Waals surface area (Å²) >= 11 is 1.60. The van der Waals surface area contributed by atoms with E-state index in [0.717, 1.165) is 16.4 Å². The number of nitrogens with two attached hydrogens (primary N) is 2. The number of nitrogen functional groups attached to an aromatic ring is 1. The highest BCUT2D eigenvalue weighted by atomic mass is 32.1. The Bertz CT molecular complexity index is 608. The molecule has 0 radical (unpaired) electrons. The molecule has 6 heteroatoms. The third-order valence-corrected chi connectivity index (χ3v) is 3.59. The molecule has 100 valence electrons. The molecule has 2 rings (SSSR count). The first-order chi connectivity index (χ1) is 8.97. The average molecular weight is 276 g/mol. The molecule has 19 heavy (non-hydrogen) atoms. The maximum Gasteiger partial charge on any atom is 0.250 e. The number of primary amides is 1. The zero-order chi connectivity index (χ0) is 14.0. The quantitative estimate of drug-likeness (QED) is 0.833. The topological polar surface area (TPSA) is 85.2 Å².